The van der Waals surface area contributed by atoms with Gasteiger partial charge in [0.2, 0.25) is 0 Å². The Bertz CT molecular complexity index is 326. The average molecular weight is 255 g/mol. The molecule has 0 bridgehead atoms. The van der Waals surface area contributed by atoms with Crippen LogP contribution >= 0.6 is 11.6 Å². The molecule has 1 aromatic heterocycles. The first-order valence-corrected chi connectivity index (χ1v) is 6.83. The van der Waals surface area contributed by atoms with Gasteiger partial charge in [0.25, 0.3) is 0 Å². The predicted molar refractivity (Wildman–Crippen MR) is 74.5 cm³/mol. The minimum absolute atomic E-state index is 0.587. The number of halogens is 1. The van der Waals surface area contributed by atoms with Crippen molar-refractivity contribution in [2.75, 3.05) is 6.54 Å². The lowest BCUT2D eigenvalue weighted by Crippen LogP contribution is -2.30. The monoisotopic (exact) mass is 254 g/mol. The zero-order chi connectivity index (χ0) is 12.7. The average Bonchev–Trinajstić information content (AvgIpc) is 2.27. The molecule has 1 atom stereocenters. The molecular formula is C14H23ClN2. The van der Waals surface area contributed by atoms with Crippen molar-refractivity contribution in [3.05, 3.63) is 29.0 Å². The van der Waals surface area contributed by atoms with Crippen molar-refractivity contribution in [2.24, 2.45) is 5.92 Å². The largest absolute Gasteiger partial charge is 0.314 e. The summed E-state index contributed by atoms with van der Waals surface area (Å²) in [7, 11) is 0. The highest BCUT2D eigenvalue weighted by molar-refractivity contribution is 6.31. The van der Waals surface area contributed by atoms with Crippen molar-refractivity contribution in [1.29, 1.82) is 0 Å². The quantitative estimate of drug-likeness (QED) is 0.803. The number of aryl methyl sites for hydroxylation is 1. The molecule has 0 aliphatic heterocycles. The maximum atomic E-state index is 6.11. The van der Waals surface area contributed by atoms with E-state index in [1.165, 1.54) is 12.0 Å². The van der Waals surface area contributed by atoms with Crippen LogP contribution in [0.4, 0.5) is 0 Å². The predicted octanol–water partition coefficient (Wildman–Crippen LogP) is 3.69. The van der Waals surface area contributed by atoms with Gasteiger partial charge in [0, 0.05) is 18.4 Å². The second-order valence-corrected chi connectivity index (χ2v) is 5.30. The molecule has 3 heteroatoms. The van der Waals surface area contributed by atoms with Gasteiger partial charge < -0.3 is 5.32 Å². The fraction of sp³-hybridized carbons (Fsp3) is 0.643. The minimum atomic E-state index is 0.587. The van der Waals surface area contributed by atoms with Crippen molar-refractivity contribution >= 4 is 11.6 Å². The number of hydrogen-bond acceptors (Lipinski definition) is 2. The Kier molecular flexibility index (Phi) is 6.53. The highest BCUT2D eigenvalue weighted by Gasteiger charge is 2.10. The first-order valence-electron chi connectivity index (χ1n) is 6.45. The Morgan fingerprint density at radius 1 is 1.41 bits per heavy atom. The summed E-state index contributed by atoms with van der Waals surface area (Å²) in [6.45, 7) is 7.72. The summed E-state index contributed by atoms with van der Waals surface area (Å²) in [6, 6.07) is 2.60. The summed E-state index contributed by atoms with van der Waals surface area (Å²) in [6.07, 6.45) is 6.91. The van der Waals surface area contributed by atoms with Crippen LogP contribution in [0.3, 0.4) is 0 Å². The summed E-state index contributed by atoms with van der Waals surface area (Å²) in [4.78, 5) is 4.01. The van der Waals surface area contributed by atoms with E-state index in [1.54, 1.807) is 6.20 Å². The van der Waals surface area contributed by atoms with E-state index in [9.17, 15) is 0 Å². The number of rotatable bonds is 7. The highest BCUT2D eigenvalue weighted by Crippen LogP contribution is 2.17. The van der Waals surface area contributed by atoms with Gasteiger partial charge in [-0.1, -0.05) is 32.4 Å². The normalized spacial score (nSPS) is 13.0. The standard InChI is InChI=1S/C14H23ClN2/c1-4-17-13(9-11(2)3)6-5-12-7-8-16-10-14(12)15/h7-8,10-11,13,17H,4-6,9H2,1-3H3. The van der Waals surface area contributed by atoms with Crippen molar-refractivity contribution in [3.63, 3.8) is 0 Å². The molecular weight excluding hydrogens is 232 g/mol. The second-order valence-electron chi connectivity index (χ2n) is 4.89. The molecule has 1 heterocycles. The molecule has 0 aliphatic carbocycles. The molecule has 1 N–H and O–H groups in total. The summed E-state index contributed by atoms with van der Waals surface area (Å²) >= 11 is 6.11. The van der Waals surface area contributed by atoms with E-state index in [2.05, 4.69) is 31.1 Å². The molecule has 1 rings (SSSR count). The topological polar surface area (TPSA) is 24.9 Å². The van der Waals surface area contributed by atoms with Crippen LogP contribution in [0.15, 0.2) is 18.5 Å². The van der Waals surface area contributed by atoms with Crippen LogP contribution in [-0.4, -0.2) is 17.6 Å². The van der Waals surface area contributed by atoms with Crippen LogP contribution in [0, 0.1) is 5.92 Å². The molecule has 2 nitrogen and oxygen atoms in total. The third-order valence-electron chi connectivity index (χ3n) is 2.87. The number of nitrogens with one attached hydrogen (secondary N) is 1. The first-order chi connectivity index (χ1) is 8.13. The fourth-order valence-corrected chi connectivity index (χ4v) is 2.31. The third-order valence-corrected chi connectivity index (χ3v) is 3.21. The zero-order valence-electron chi connectivity index (χ0n) is 11.0. The van der Waals surface area contributed by atoms with E-state index in [0.717, 1.165) is 30.3 Å². The Hall–Kier alpha value is -0.600. The Balaban J connectivity index is 2.48. The summed E-state index contributed by atoms with van der Waals surface area (Å²) < 4.78 is 0. The van der Waals surface area contributed by atoms with E-state index in [-0.39, 0.29) is 0 Å². The smallest absolute Gasteiger partial charge is 0.0621 e. The lowest BCUT2D eigenvalue weighted by Gasteiger charge is -2.20. The van der Waals surface area contributed by atoms with Crippen molar-refractivity contribution in [3.8, 4) is 0 Å². The molecule has 1 aromatic rings. The summed E-state index contributed by atoms with van der Waals surface area (Å²) in [5.74, 6) is 0.729. The van der Waals surface area contributed by atoms with Gasteiger partial charge in [0.15, 0.2) is 0 Å². The first kappa shape index (κ1) is 14.5. The summed E-state index contributed by atoms with van der Waals surface area (Å²) in [5.41, 5.74) is 1.20. The minimum Gasteiger partial charge on any atom is -0.314 e. The molecule has 0 amide bonds. The van der Waals surface area contributed by atoms with E-state index < -0.39 is 0 Å². The molecule has 0 fully saturated rings. The highest BCUT2D eigenvalue weighted by atomic mass is 35.5. The van der Waals surface area contributed by atoms with Crippen LogP contribution in [-0.2, 0) is 6.42 Å². The van der Waals surface area contributed by atoms with Crippen LogP contribution in [0.25, 0.3) is 0 Å². The van der Waals surface area contributed by atoms with Gasteiger partial charge in [-0.2, -0.15) is 0 Å². The van der Waals surface area contributed by atoms with Crippen molar-refractivity contribution in [1.82, 2.24) is 10.3 Å². The van der Waals surface area contributed by atoms with Crippen molar-refractivity contribution < 1.29 is 0 Å². The number of nitrogens with zero attached hydrogens (tertiary/aromatic N) is 1. The Morgan fingerprint density at radius 2 is 2.18 bits per heavy atom. The molecule has 0 saturated carbocycles. The van der Waals surface area contributed by atoms with Crippen LogP contribution in [0.5, 0.6) is 0 Å². The SMILES string of the molecule is CCNC(CCc1ccncc1Cl)CC(C)C. The number of hydrogen-bond donors (Lipinski definition) is 1. The van der Waals surface area contributed by atoms with Gasteiger partial charge in [-0.15, -0.1) is 0 Å². The molecule has 96 valence electrons. The molecule has 0 aliphatic rings. The lowest BCUT2D eigenvalue weighted by molar-refractivity contribution is 0.405. The maximum Gasteiger partial charge on any atom is 0.0621 e. The van der Waals surface area contributed by atoms with E-state index >= 15 is 0 Å². The van der Waals surface area contributed by atoms with Gasteiger partial charge in [-0.3, -0.25) is 4.98 Å². The summed E-state index contributed by atoms with van der Waals surface area (Å²) in [5, 5.41) is 4.33. The Morgan fingerprint density at radius 3 is 2.76 bits per heavy atom. The molecule has 1 unspecified atom stereocenters. The molecule has 0 spiro atoms. The lowest BCUT2D eigenvalue weighted by atomic mass is 9.98. The molecule has 0 saturated heterocycles. The van der Waals surface area contributed by atoms with Gasteiger partial charge >= 0.3 is 0 Å². The van der Waals surface area contributed by atoms with Crippen LogP contribution < -0.4 is 5.32 Å². The van der Waals surface area contributed by atoms with Gasteiger partial charge in [-0.25, -0.2) is 0 Å². The molecule has 17 heavy (non-hydrogen) atoms. The molecule has 0 radical (unpaired) electrons. The molecule has 0 aromatic carbocycles. The second kappa shape index (κ2) is 7.67. The van der Waals surface area contributed by atoms with Gasteiger partial charge in [-0.05, 0) is 43.4 Å². The van der Waals surface area contributed by atoms with E-state index in [1.807, 2.05) is 12.3 Å². The number of aromatic nitrogens is 1. The zero-order valence-corrected chi connectivity index (χ0v) is 11.8. The van der Waals surface area contributed by atoms with Gasteiger partial charge in [0.05, 0.1) is 5.02 Å². The maximum absolute atomic E-state index is 6.11. The van der Waals surface area contributed by atoms with E-state index in [4.69, 9.17) is 11.6 Å². The van der Waals surface area contributed by atoms with Crippen LogP contribution in [0.2, 0.25) is 5.02 Å². The van der Waals surface area contributed by atoms with Crippen molar-refractivity contribution in [2.45, 2.75) is 46.1 Å². The van der Waals surface area contributed by atoms with Crippen LogP contribution in [0.1, 0.15) is 39.2 Å². The van der Waals surface area contributed by atoms with E-state index in [0.29, 0.717) is 6.04 Å². The number of pyridine rings is 1. The van der Waals surface area contributed by atoms with Gasteiger partial charge in [0.1, 0.15) is 0 Å². The Labute approximate surface area is 110 Å². The third kappa shape index (κ3) is 5.51. The fourth-order valence-electron chi connectivity index (χ4n) is 2.10.